The van der Waals surface area contributed by atoms with Gasteiger partial charge in [0.15, 0.2) is 0 Å². The van der Waals surface area contributed by atoms with E-state index in [4.69, 9.17) is 5.11 Å². The first-order valence-corrected chi connectivity index (χ1v) is 4.47. The minimum atomic E-state index is -0.823. The van der Waals surface area contributed by atoms with E-state index in [1.807, 2.05) is 0 Å². The zero-order chi connectivity index (χ0) is 7.28. The second-order valence-electron chi connectivity index (χ2n) is 1.49. The average molecular weight is 192 g/mol. The van der Waals surface area contributed by atoms with Crippen LogP contribution in [0.15, 0.2) is 0 Å². The zero-order valence-electron chi connectivity index (χ0n) is 5.09. The van der Waals surface area contributed by atoms with Gasteiger partial charge in [-0.1, -0.05) is 0 Å². The molecule has 0 aliphatic heterocycles. The molecule has 0 bridgehead atoms. The standard InChI is InChI=1S/C5H9O2S.Co/c1-3-4(6)5(7)8-2;/h4,6H,1,3H2,2H3;. The molecule has 1 unspecified atom stereocenters. The van der Waals surface area contributed by atoms with Crippen molar-refractivity contribution in [3.63, 3.8) is 0 Å². The summed E-state index contributed by atoms with van der Waals surface area (Å²) in [6, 6.07) is 0. The monoisotopic (exact) mass is 192 g/mol. The van der Waals surface area contributed by atoms with Gasteiger partial charge in [-0.15, -0.1) is 0 Å². The summed E-state index contributed by atoms with van der Waals surface area (Å²) in [7, 11) is 0. The first kappa shape index (κ1) is 9.49. The van der Waals surface area contributed by atoms with Crippen LogP contribution >= 0.6 is 11.8 Å². The van der Waals surface area contributed by atoms with Crippen LogP contribution < -0.4 is 0 Å². The van der Waals surface area contributed by atoms with E-state index in [0.29, 0.717) is 11.8 Å². The van der Waals surface area contributed by atoms with Gasteiger partial charge in [-0.05, 0) is 0 Å². The van der Waals surface area contributed by atoms with Crippen molar-refractivity contribution in [2.75, 3.05) is 6.26 Å². The number of hydrogen-bond acceptors (Lipinski definition) is 3. The molecule has 0 aromatic heterocycles. The van der Waals surface area contributed by atoms with Crippen molar-refractivity contribution < 1.29 is 25.6 Å². The zero-order valence-corrected chi connectivity index (χ0v) is 6.95. The van der Waals surface area contributed by atoms with Crippen molar-refractivity contribution in [3.05, 3.63) is 0 Å². The van der Waals surface area contributed by atoms with Gasteiger partial charge in [0.25, 0.3) is 0 Å². The normalized spacial score (nSPS) is 13.3. The predicted octanol–water partition coefficient (Wildman–Crippen LogP) is 0.592. The minimum absolute atomic E-state index is 0.178. The van der Waals surface area contributed by atoms with Crippen LogP contribution in [0.5, 0.6) is 0 Å². The van der Waals surface area contributed by atoms with Gasteiger partial charge in [0.1, 0.15) is 0 Å². The molecule has 0 saturated carbocycles. The van der Waals surface area contributed by atoms with Gasteiger partial charge in [-0.3, -0.25) is 0 Å². The van der Waals surface area contributed by atoms with Crippen molar-refractivity contribution in [3.8, 4) is 0 Å². The van der Waals surface area contributed by atoms with Gasteiger partial charge in [-0.25, -0.2) is 0 Å². The molecular formula is C5H9CoO2S. The Bertz CT molecular complexity index is 97.0. The summed E-state index contributed by atoms with van der Waals surface area (Å²) in [4.78, 5) is 10.6. The molecule has 0 heterocycles. The van der Waals surface area contributed by atoms with Crippen molar-refractivity contribution in [2.45, 2.75) is 17.9 Å². The first-order valence-electron chi connectivity index (χ1n) is 2.51. The van der Waals surface area contributed by atoms with E-state index >= 15 is 0 Å². The van der Waals surface area contributed by atoms with E-state index in [9.17, 15) is 4.79 Å². The van der Waals surface area contributed by atoms with Gasteiger partial charge in [0.05, 0.1) is 0 Å². The molecule has 1 N–H and O–H groups in total. The summed E-state index contributed by atoms with van der Waals surface area (Å²) >= 11 is 4.96. The van der Waals surface area contributed by atoms with Crippen LogP contribution in [0.4, 0.5) is 0 Å². The van der Waals surface area contributed by atoms with E-state index in [1.54, 1.807) is 6.26 Å². The van der Waals surface area contributed by atoms with E-state index < -0.39 is 6.10 Å². The molecule has 0 amide bonds. The second-order valence-corrected chi connectivity index (χ2v) is 2.83. The topological polar surface area (TPSA) is 37.3 Å². The Morgan fingerprint density at radius 2 is 2.44 bits per heavy atom. The van der Waals surface area contributed by atoms with Crippen molar-refractivity contribution in [1.82, 2.24) is 0 Å². The first-order chi connectivity index (χ1) is 4.22. The molecular weight excluding hydrogens is 183 g/mol. The van der Waals surface area contributed by atoms with Crippen molar-refractivity contribution in [2.24, 2.45) is 0 Å². The van der Waals surface area contributed by atoms with E-state index in [0.717, 1.165) is 11.8 Å². The molecule has 0 spiro atoms. The molecule has 0 saturated heterocycles. The Balaban J connectivity index is 3.45. The third-order valence-electron chi connectivity index (χ3n) is 0.843. The third-order valence-corrected chi connectivity index (χ3v) is 1.82. The summed E-state index contributed by atoms with van der Waals surface area (Å²) in [5.41, 5.74) is 0. The summed E-state index contributed by atoms with van der Waals surface area (Å²) in [5, 5.41) is 9.26. The fourth-order valence-corrected chi connectivity index (χ4v) is 1.02. The molecule has 0 aromatic rings. The number of aliphatic hydroxyl groups is 1. The van der Waals surface area contributed by atoms with Gasteiger partial charge in [0.2, 0.25) is 0 Å². The predicted molar refractivity (Wildman–Crippen MR) is 34.0 cm³/mol. The van der Waals surface area contributed by atoms with Crippen molar-refractivity contribution in [1.29, 1.82) is 0 Å². The number of thioether (sulfide) groups is 1. The number of hydrogen-bond donors (Lipinski definition) is 1. The van der Waals surface area contributed by atoms with Crippen LogP contribution in [0, 0.1) is 0 Å². The molecule has 1 atom stereocenters. The number of carbonyl (C=O) groups is 1. The SMILES string of the molecule is CSC(=O)C(O)C[CH2][Co]. The van der Waals surface area contributed by atoms with Gasteiger partial charge in [-0.2, -0.15) is 0 Å². The molecule has 0 aliphatic carbocycles. The van der Waals surface area contributed by atoms with Crippen LogP contribution in [0.1, 0.15) is 6.42 Å². The Hall–Kier alpha value is 0.486. The van der Waals surface area contributed by atoms with Crippen LogP contribution in [0.2, 0.25) is 5.36 Å². The number of carbonyl (C=O) groups excluding carboxylic acids is 1. The molecule has 4 heteroatoms. The van der Waals surface area contributed by atoms with Crippen LogP contribution in [-0.2, 0) is 20.5 Å². The maximum atomic E-state index is 10.6. The molecule has 0 aromatic carbocycles. The van der Waals surface area contributed by atoms with Gasteiger partial charge in [0, 0.05) is 0 Å². The van der Waals surface area contributed by atoms with Gasteiger partial charge >= 0.3 is 66.7 Å². The molecule has 2 nitrogen and oxygen atoms in total. The summed E-state index contributed by atoms with van der Waals surface area (Å²) in [6.45, 7) is 0. The van der Waals surface area contributed by atoms with Gasteiger partial charge < -0.3 is 0 Å². The summed E-state index contributed by atoms with van der Waals surface area (Å²) in [5.74, 6) is 0. The summed E-state index contributed by atoms with van der Waals surface area (Å²) in [6.07, 6.45) is 1.28. The Morgan fingerprint density at radius 1 is 1.89 bits per heavy atom. The summed E-state index contributed by atoms with van der Waals surface area (Å²) < 4.78 is 0. The second kappa shape index (κ2) is 5.29. The van der Waals surface area contributed by atoms with Crippen LogP contribution in [-0.4, -0.2) is 22.6 Å². The molecule has 0 rings (SSSR count). The van der Waals surface area contributed by atoms with E-state index in [-0.39, 0.29) is 5.12 Å². The Labute approximate surface area is 67.0 Å². The Morgan fingerprint density at radius 3 is 2.78 bits per heavy atom. The number of rotatable bonds is 3. The average Bonchev–Trinajstić information content (AvgIpc) is 1.87. The third kappa shape index (κ3) is 3.97. The molecule has 0 aliphatic rings. The fraction of sp³-hybridized carbons (Fsp3) is 0.800. The molecule has 0 fully saturated rings. The van der Waals surface area contributed by atoms with E-state index in [2.05, 4.69) is 15.7 Å². The quantitative estimate of drug-likeness (QED) is 0.711. The molecule has 56 valence electrons. The fourth-order valence-electron chi connectivity index (χ4n) is 0.345. The Kier molecular flexibility index (Phi) is 5.57. The maximum absolute atomic E-state index is 10.6. The molecule has 0 radical (unpaired) electrons. The van der Waals surface area contributed by atoms with Crippen LogP contribution in [0.25, 0.3) is 0 Å². The number of aliphatic hydroxyl groups excluding tert-OH is 1. The van der Waals surface area contributed by atoms with Crippen molar-refractivity contribution >= 4 is 16.9 Å². The van der Waals surface area contributed by atoms with Crippen LogP contribution in [0.3, 0.4) is 0 Å². The van der Waals surface area contributed by atoms with E-state index in [1.165, 1.54) is 0 Å². The molecule has 9 heavy (non-hydrogen) atoms.